The highest BCUT2D eigenvalue weighted by Crippen LogP contribution is 2.25. The molecule has 6 heteroatoms. The second kappa shape index (κ2) is 6.02. The summed E-state index contributed by atoms with van der Waals surface area (Å²) in [6, 6.07) is 3.58. The number of hydrogen-bond acceptors (Lipinski definition) is 4. The van der Waals surface area contributed by atoms with Gasteiger partial charge < -0.3 is 20.9 Å². The zero-order valence-electron chi connectivity index (χ0n) is 10.3. The van der Waals surface area contributed by atoms with Gasteiger partial charge in [-0.3, -0.25) is 4.79 Å². The minimum Gasteiger partial charge on any atom is -0.495 e. The molecule has 1 rings (SSSR count). The lowest BCUT2D eigenvalue weighted by atomic mass is 10.1. The van der Waals surface area contributed by atoms with Crippen molar-refractivity contribution < 1.29 is 19.4 Å². The van der Waals surface area contributed by atoms with E-state index in [2.05, 4.69) is 5.32 Å². The van der Waals surface area contributed by atoms with Crippen molar-refractivity contribution in [2.24, 2.45) is 5.73 Å². The fraction of sp³-hybridized carbons (Fsp3) is 0.333. The maximum Gasteiger partial charge on any atom is 0.335 e. The lowest BCUT2D eigenvalue weighted by Crippen LogP contribution is -2.34. The topological polar surface area (TPSA) is 102 Å². The van der Waals surface area contributed by atoms with Gasteiger partial charge in [-0.05, 0) is 24.6 Å². The highest BCUT2D eigenvalue weighted by Gasteiger charge is 2.15. The SMILES string of the molecule is CCC(N)C(=O)Nc1cc(C(=O)O)ccc1OC. The van der Waals surface area contributed by atoms with Gasteiger partial charge in [-0.2, -0.15) is 0 Å². The number of methoxy groups -OCH3 is 1. The molecule has 6 nitrogen and oxygen atoms in total. The predicted octanol–water partition coefficient (Wildman–Crippen LogP) is 1.07. The fourth-order valence-electron chi connectivity index (χ4n) is 1.35. The van der Waals surface area contributed by atoms with E-state index < -0.39 is 12.0 Å². The molecule has 0 saturated heterocycles. The number of nitrogens with one attached hydrogen (secondary N) is 1. The summed E-state index contributed by atoms with van der Waals surface area (Å²) in [5.74, 6) is -1.07. The first-order chi connectivity index (χ1) is 8.49. The molecule has 0 bridgehead atoms. The first-order valence-electron chi connectivity index (χ1n) is 5.47. The first kappa shape index (κ1) is 14.0. The van der Waals surface area contributed by atoms with Gasteiger partial charge in [0.05, 0.1) is 24.4 Å². The Bertz CT molecular complexity index is 459. The summed E-state index contributed by atoms with van der Waals surface area (Å²) in [5.41, 5.74) is 5.95. The van der Waals surface area contributed by atoms with E-state index >= 15 is 0 Å². The molecule has 0 spiro atoms. The normalized spacial score (nSPS) is 11.7. The molecule has 1 atom stereocenters. The number of rotatable bonds is 5. The summed E-state index contributed by atoms with van der Waals surface area (Å²) in [7, 11) is 1.44. The number of carbonyl (C=O) groups excluding carboxylic acids is 1. The molecule has 0 aliphatic rings. The Morgan fingerprint density at radius 2 is 2.17 bits per heavy atom. The highest BCUT2D eigenvalue weighted by molar-refractivity contribution is 5.97. The van der Waals surface area contributed by atoms with E-state index in [9.17, 15) is 9.59 Å². The smallest absolute Gasteiger partial charge is 0.335 e. The molecule has 0 aliphatic carbocycles. The highest BCUT2D eigenvalue weighted by atomic mass is 16.5. The van der Waals surface area contributed by atoms with Crippen LogP contribution in [0.15, 0.2) is 18.2 Å². The first-order valence-corrected chi connectivity index (χ1v) is 5.47. The van der Waals surface area contributed by atoms with Gasteiger partial charge in [-0.1, -0.05) is 6.92 Å². The number of carboxylic acid groups (broad SMARTS) is 1. The Balaban J connectivity index is 3.01. The van der Waals surface area contributed by atoms with Crippen molar-refractivity contribution in [3.05, 3.63) is 23.8 Å². The Morgan fingerprint density at radius 3 is 2.67 bits per heavy atom. The fourth-order valence-corrected chi connectivity index (χ4v) is 1.35. The molecule has 0 saturated carbocycles. The van der Waals surface area contributed by atoms with Crippen LogP contribution in [0.25, 0.3) is 0 Å². The second-order valence-corrected chi connectivity index (χ2v) is 3.72. The van der Waals surface area contributed by atoms with Crippen molar-refractivity contribution in [1.82, 2.24) is 0 Å². The molecule has 0 aliphatic heterocycles. The Labute approximate surface area is 105 Å². The molecule has 4 N–H and O–H groups in total. The molecular formula is C12H16N2O4. The molecule has 18 heavy (non-hydrogen) atoms. The molecule has 0 radical (unpaired) electrons. The van der Waals surface area contributed by atoms with Crippen LogP contribution in [0.5, 0.6) is 5.75 Å². The third-order valence-corrected chi connectivity index (χ3v) is 2.48. The average Bonchev–Trinajstić information content (AvgIpc) is 2.37. The maximum atomic E-state index is 11.7. The second-order valence-electron chi connectivity index (χ2n) is 3.72. The van der Waals surface area contributed by atoms with Crippen LogP contribution in [0, 0.1) is 0 Å². The van der Waals surface area contributed by atoms with E-state index in [1.54, 1.807) is 6.92 Å². The number of nitrogens with two attached hydrogens (primary N) is 1. The van der Waals surface area contributed by atoms with Gasteiger partial charge in [0.2, 0.25) is 5.91 Å². The molecule has 1 aromatic rings. The van der Waals surface area contributed by atoms with Gasteiger partial charge in [0.25, 0.3) is 0 Å². The summed E-state index contributed by atoms with van der Waals surface area (Å²) < 4.78 is 5.05. The van der Waals surface area contributed by atoms with Crippen LogP contribution in [0.2, 0.25) is 0 Å². The van der Waals surface area contributed by atoms with Crippen LogP contribution in [0.3, 0.4) is 0 Å². The standard InChI is InChI=1S/C12H16N2O4/c1-3-8(13)11(15)14-9-6-7(12(16)17)4-5-10(9)18-2/h4-6,8H,3,13H2,1-2H3,(H,14,15)(H,16,17). The number of carboxylic acids is 1. The lowest BCUT2D eigenvalue weighted by Gasteiger charge is -2.13. The number of amides is 1. The summed E-state index contributed by atoms with van der Waals surface area (Å²) in [5, 5.41) is 11.4. The van der Waals surface area contributed by atoms with Crippen LogP contribution < -0.4 is 15.8 Å². The van der Waals surface area contributed by atoms with Crippen molar-refractivity contribution in [1.29, 1.82) is 0 Å². The van der Waals surface area contributed by atoms with E-state index in [-0.39, 0.29) is 11.5 Å². The Morgan fingerprint density at radius 1 is 1.50 bits per heavy atom. The molecule has 98 valence electrons. The zero-order valence-corrected chi connectivity index (χ0v) is 10.3. The number of anilines is 1. The number of aromatic carboxylic acids is 1. The number of carbonyl (C=O) groups is 2. The molecule has 1 amide bonds. The van der Waals surface area contributed by atoms with Crippen LogP contribution in [0.4, 0.5) is 5.69 Å². The van der Waals surface area contributed by atoms with Gasteiger partial charge in [-0.15, -0.1) is 0 Å². The summed E-state index contributed by atoms with van der Waals surface area (Å²) >= 11 is 0. The van der Waals surface area contributed by atoms with Crippen molar-refractivity contribution in [2.75, 3.05) is 12.4 Å². The molecule has 1 unspecified atom stereocenters. The average molecular weight is 252 g/mol. The molecule has 0 fully saturated rings. The summed E-state index contributed by atoms with van der Waals surface area (Å²) in [4.78, 5) is 22.5. The third kappa shape index (κ3) is 3.21. The minimum absolute atomic E-state index is 0.0659. The van der Waals surface area contributed by atoms with Gasteiger partial charge in [-0.25, -0.2) is 4.79 Å². The Hall–Kier alpha value is -2.08. The van der Waals surface area contributed by atoms with Crippen LogP contribution >= 0.6 is 0 Å². The van der Waals surface area contributed by atoms with Gasteiger partial charge >= 0.3 is 5.97 Å². The summed E-state index contributed by atoms with van der Waals surface area (Å²) in [6.45, 7) is 1.79. The molecule has 0 heterocycles. The number of hydrogen-bond donors (Lipinski definition) is 3. The quantitative estimate of drug-likeness (QED) is 0.727. The number of benzene rings is 1. The van der Waals surface area contributed by atoms with Gasteiger partial charge in [0.1, 0.15) is 5.75 Å². The molecule has 0 aromatic heterocycles. The zero-order chi connectivity index (χ0) is 13.7. The minimum atomic E-state index is -1.08. The van der Waals surface area contributed by atoms with Crippen molar-refractivity contribution in [3.63, 3.8) is 0 Å². The van der Waals surface area contributed by atoms with E-state index in [1.807, 2.05) is 0 Å². The van der Waals surface area contributed by atoms with Crippen molar-refractivity contribution >= 4 is 17.6 Å². The van der Waals surface area contributed by atoms with Crippen molar-refractivity contribution in [2.45, 2.75) is 19.4 Å². The van der Waals surface area contributed by atoms with Crippen LogP contribution in [0.1, 0.15) is 23.7 Å². The van der Waals surface area contributed by atoms with Crippen LogP contribution in [-0.4, -0.2) is 30.1 Å². The van der Waals surface area contributed by atoms with E-state index in [4.69, 9.17) is 15.6 Å². The van der Waals surface area contributed by atoms with E-state index in [0.717, 1.165) is 0 Å². The number of ether oxygens (including phenoxy) is 1. The lowest BCUT2D eigenvalue weighted by molar-refractivity contribution is -0.117. The van der Waals surface area contributed by atoms with Gasteiger partial charge in [0.15, 0.2) is 0 Å². The van der Waals surface area contributed by atoms with E-state index in [1.165, 1.54) is 25.3 Å². The van der Waals surface area contributed by atoms with Crippen LogP contribution in [-0.2, 0) is 4.79 Å². The van der Waals surface area contributed by atoms with Gasteiger partial charge in [0, 0.05) is 0 Å². The maximum absolute atomic E-state index is 11.7. The largest absolute Gasteiger partial charge is 0.495 e. The third-order valence-electron chi connectivity index (χ3n) is 2.48. The Kier molecular flexibility index (Phi) is 4.67. The monoisotopic (exact) mass is 252 g/mol. The molecular weight excluding hydrogens is 236 g/mol. The predicted molar refractivity (Wildman–Crippen MR) is 66.8 cm³/mol. The van der Waals surface area contributed by atoms with E-state index in [0.29, 0.717) is 17.9 Å². The molecule has 1 aromatic carbocycles. The van der Waals surface area contributed by atoms with Crippen molar-refractivity contribution in [3.8, 4) is 5.75 Å². The summed E-state index contributed by atoms with van der Waals surface area (Å²) in [6.07, 6.45) is 0.493.